The molecule has 0 radical (unpaired) electrons. The van der Waals surface area contributed by atoms with E-state index < -0.39 is 0 Å². The monoisotopic (exact) mass is 819 g/mol. The Morgan fingerprint density at radius 1 is 0.312 bits per heavy atom. The molecule has 9 aromatic carbocycles. The van der Waals surface area contributed by atoms with E-state index in [1.165, 1.54) is 5.56 Å². The molecule has 0 unspecified atom stereocenters. The number of fused-ring (bicyclic) bond motifs is 13. The molecule has 0 spiro atoms. The van der Waals surface area contributed by atoms with Crippen LogP contribution in [0.25, 0.3) is 133 Å². The molecule has 0 saturated carbocycles. The van der Waals surface area contributed by atoms with E-state index in [4.69, 9.17) is 23.8 Å². The van der Waals surface area contributed by atoms with Gasteiger partial charge in [0.25, 0.3) is 0 Å². The van der Waals surface area contributed by atoms with Crippen LogP contribution in [0.1, 0.15) is 0 Å². The highest BCUT2D eigenvalue weighted by Gasteiger charge is 2.24. The smallest absolute Gasteiger partial charge is 0.238 e. The van der Waals surface area contributed by atoms with Gasteiger partial charge in [-0.15, -0.1) is 0 Å². The first-order valence-electron chi connectivity index (χ1n) is 21.4. The molecule has 14 aromatic rings. The third-order valence-electron chi connectivity index (χ3n) is 12.8. The average molecular weight is 820 g/mol. The molecule has 5 aromatic heterocycles. The van der Waals surface area contributed by atoms with Crippen LogP contribution in [0.2, 0.25) is 0 Å². The van der Waals surface area contributed by atoms with Gasteiger partial charge < -0.3 is 13.4 Å². The number of para-hydroxylation sites is 4. The predicted octanol–water partition coefficient (Wildman–Crippen LogP) is 14.9. The molecule has 7 nitrogen and oxygen atoms in total. The molecule has 0 saturated heterocycles. The highest BCUT2D eigenvalue weighted by atomic mass is 16.3. The molecular weight excluding hydrogens is 787 g/mol. The van der Waals surface area contributed by atoms with E-state index in [2.05, 4.69) is 161 Å². The molecule has 298 valence electrons. The summed E-state index contributed by atoms with van der Waals surface area (Å²) >= 11 is 0. The van der Waals surface area contributed by atoms with Crippen LogP contribution in [0.3, 0.4) is 0 Å². The summed E-state index contributed by atoms with van der Waals surface area (Å²) in [4.78, 5) is 16.0. The molecule has 0 atom stereocenters. The lowest BCUT2D eigenvalue weighted by molar-refractivity contribution is 0.668. The standard InChI is InChI=1S/C57H33N5O2/c1-2-13-34(14-3-1)35-15-12-16-38(31-35)61-47-22-9-5-20-45(47)53-48(61)30-29-44-39-17-4-8-21-46(39)62(54(44)53)57-59-55(36-25-27-42-40-18-6-10-23-49(40)63-51(42)32-36)58-56(60-57)37-26-28-43-41-19-7-11-24-50(41)64-52(43)33-37/h1-33H. The fourth-order valence-electron chi connectivity index (χ4n) is 9.90. The molecular formula is C57H33N5O2. The minimum atomic E-state index is 0.510. The minimum Gasteiger partial charge on any atom is -0.456 e. The number of furan rings is 2. The first-order valence-corrected chi connectivity index (χ1v) is 21.4. The molecule has 0 aliphatic heterocycles. The van der Waals surface area contributed by atoms with Gasteiger partial charge in [-0.3, -0.25) is 4.57 Å². The van der Waals surface area contributed by atoms with Crippen molar-refractivity contribution in [1.82, 2.24) is 24.1 Å². The van der Waals surface area contributed by atoms with Gasteiger partial charge in [-0.1, -0.05) is 133 Å². The van der Waals surface area contributed by atoms with E-state index in [0.29, 0.717) is 17.6 Å². The lowest BCUT2D eigenvalue weighted by atomic mass is 10.1. The third kappa shape index (κ3) is 5.12. The number of hydrogen-bond donors (Lipinski definition) is 0. The summed E-state index contributed by atoms with van der Waals surface area (Å²) in [6.07, 6.45) is 0. The molecule has 5 heterocycles. The molecule has 0 fully saturated rings. The zero-order valence-electron chi connectivity index (χ0n) is 34.1. The summed E-state index contributed by atoms with van der Waals surface area (Å²) in [5.74, 6) is 1.58. The van der Waals surface area contributed by atoms with Crippen LogP contribution in [0.4, 0.5) is 0 Å². The van der Waals surface area contributed by atoms with Crippen molar-refractivity contribution >= 4 is 87.5 Å². The maximum atomic E-state index is 6.39. The van der Waals surface area contributed by atoms with Crippen LogP contribution in [-0.2, 0) is 0 Å². The molecule has 7 heteroatoms. The number of rotatable bonds is 5. The Morgan fingerprint density at radius 3 is 1.52 bits per heavy atom. The van der Waals surface area contributed by atoms with Crippen LogP contribution < -0.4 is 0 Å². The molecule has 14 rings (SSSR count). The van der Waals surface area contributed by atoms with E-state index in [0.717, 1.165) is 110 Å². The van der Waals surface area contributed by atoms with E-state index in [1.54, 1.807) is 0 Å². The Bertz CT molecular complexity index is 4080. The summed E-state index contributed by atoms with van der Waals surface area (Å²) in [6.45, 7) is 0. The van der Waals surface area contributed by atoms with E-state index in [9.17, 15) is 0 Å². The van der Waals surface area contributed by atoms with E-state index >= 15 is 0 Å². The normalized spacial score (nSPS) is 12.1. The van der Waals surface area contributed by atoms with Gasteiger partial charge in [0.1, 0.15) is 22.3 Å². The van der Waals surface area contributed by atoms with Crippen LogP contribution in [0, 0.1) is 0 Å². The molecule has 0 bridgehead atoms. The largest absolute Gasteiger partial charge is 0.456 e. The highest BCUT2D eigenvalue weighted by molar-refractivity contribution is 6.26. The summed E-state index contributed by atoms with van der Waals surface area (Å²) in [7, 11) is 0. The van der Waals surface area contributed by atoms with Gasteiger partial charge in [-0.2, -0.15) is 9.97 Å². The van der Waals surface area contributed by atoms with Gasteiger partial charge in [-0.05, 0) is 77.9 Å². The van der Waals surface area contributed by atoms with Crippen molar-refractivity contribution in [2.45, 2.75) is 0 Å². The topological polar surface area (TPSA) is 74.8 Å². The van der Waals surface area contributed by atoms with E-state index in [-0.39, 0.29) is 0 Å². The first kappa shape index (κ1) is 34.9. The maximum absolute atomic E-state index is 6.39. The number of hydrogen-bond acceptors (Lipinski definition) is 5. The van der Waals surface area contributed by atoms with Gasteiger partial charge in [0.2, 0.25) is 5.95 Å². The molecule has 64 heavy (non-hydrogen) atoms. The van der Waals surface area contributed by atoms with Gasteiger partial charge >= 0.3 is 0 Å². The van der Waals surface area contributed by atoms with Crippen molar-refractivity contribution in [3.8, 4) is 45.5 Å². The Labute approximate surface area is 364 Å². The third-order valence-corrected chi connectivity index (χ3v) is 12.8. The Balaban J connectivity index is 1.06. The van der Waals surface area contributed by atoms with Crippen molar-refractivity contribution in [2.24, 2.45) is 0 Å². The van der Waals surface area contributed by atoms with Gasteiger partial charge in [0, 0.05) is 59.9 Å². The highest BCUT2D eigenvalue weighted by Crippen LogP contribution is 2.43. The number of aromatic nitrogens is 5. The van der Waals surface area contributed by atoms with Crippen LogP contribution in [-0.4, -0.2) is 24.1 Å². The molecule has 0 aliphatic carbocycles. The Morgan fingerprint density at radius 2 is 0.844 bits per heavy atom. The van der Waals surface area contributed by atoms with Crippen molar-refractivity contribution in [3.05, 3.63) is 200 Å². The summed E-state index contributed by atoms with van der Waals surface area (Å²) < 4.78 is 17.4. The van der Waals surface area contributed by atoms with Crippen molar-refractivity contribution in [3.63, 3.8) is 0 Å². The first-order chi connectivity index (χ1) is 31.7. The number of nitrogens with zero attached hydrogens (tertiary/aromatic N) is 5. The molecule has 0 amide bonds. The zero-order chi connectivity index (χ0) is 41.9. The van der Waals surface area contributed by atoms with Gasteiger partial charge in [0.05, 0.1) is 22.1 Å². The second kappa shape index (κ2) is 13.3. The maximum Gasteiger partial charge on any atom is 0.238 e. The van der Waals surface area contributed by atoms with Crippen LogP contribution >= 0.6 is 0 Å². The Hall–Kier alpha value is -8.81. The predicted molar refractivity (Wildman–Crippen MR) is 259 cm³/mol. The lowest BCUT2D eigenvalue weighted by Gasteiger charge is -2.12. The fraction of sp³-hybridized carbons (Fsp3) is 0. The molecule has 0 aliphatic rings. The van der Waals surface area contributed by atoms with E-state index in [1.807, 2.05) is 48.5 Å². The van der Waals surface area contributed by atoms with Crippen LogP contribution in [0.15, 0.2) is 209 Å². The minimum absolute atomic E-state index is 0.510. The van der Waals surface area contributed by atoms with Crippen molar-refractivity contribution in [2.75, 3.05) is 0 Å². The number of benzene rings is 9. The van der Waals surface area contributed by atoms with Crippen LogP contribution in [0.5, 0.6) is 0 Å². The lowest BCUT2D eigenvalue weighted by Crippen LogP contribution is -2.06. The summed E-state index contributed by atoms with van der Waals surface area (Å²) in [5.41, 5.74) is 12.5. The van der Waals surface area contributed by atoms with Gasteiger partial charge in [0.15, 0.2) is 11.6 Å². The van der Waals surface area contributed by atoms with Crippen molar-refractivity contribution in [1.29, 1.82) is 0 Å². The average Bonchev–Trinajstić information content (AvgIpc) is 4.11. The Kier molecular flexibility index (Phi) is 7.27. The molecule has 0 N–H and O–H groups in total. The zero-order valence-corrected chi connectivity index (χ0v) is 34.1. The second-order valence-electron chi connectivity index (χ2n) is 16.4. The summed E-state index contributed by atoms with van der Waals surface area (Å²) in [5, 5.41) is 8.70. The summed E-state index contributed by atoms with van der Waals surface area (Å²) in [6, 6.07) is 69.8. The fourth-order valence-corrected chi connectivity index (χ4v) is 9.90. The van der Waals surface area contributed by atoms with Crippen molar-refractivity contribution < 1.29 is 8.83 Å². The second-order valence-corrected chi connectivity index (χ2v) is 16.4. The SMILES string of the molecule is c1ccc(-c2cccc(-n3c4ccccc4c4c3ccc3c5ccccc5n(-c5nc(-c6ccc7c(c6)oc6ccccc67)nc(-c6ccc7c(c6)oc6ccccc67)n5)c34)c2)cc1. The quantitative estimate of drug-likeness (QED) is 0.173. The van der Waals surface area contributed by atoms with Gasteiger partial charge in [-0.25, -0.2) is 4.98 Å².